The highest BCUT2D eigenvalue weighted by Crippen LogP contribution is 2.30. The van der Waals surface area contributed by atoms with E-state index in [0.717, 1.165) is 11.4 Å². The molecule has 7 heteroatoms. The summed E-state index contributed by atoms with van der Waals surface area (Å²) in [7, 11) is 1.86. The molecule has 0 aromatic carbocycles. The highest BCUT2D eigenvalue weighted by atomic mass is 79.9. The second kappa shape index (κ2) is 5.05. The van der Waals surface area contributed by atoms with Crippen molar-refractivity contribution in [3.8, 4) is 0 Å². The number of nitrogens with one attached hydrogen (secondary N) is 1. The van der Waals surface area contributed by atoms with Crippen LogP contribution in [0.4, 0.5) is 11.4 Å². The second-order valence-electron chi connectivity index (χ2n) is 5.23. The third-order valence-corrected chi connectivity index (χ3v) is 4.16. The van der Waals surface area contributed by atoms with Crippen LogP contribution in [-0.2, 0) is 13.6 Å². The third kappa shape index (κ3) is 2.63. The van der Waals surface area contributed by atoms with Crippen LogP contribution in [0.15, 0.2) is 21.7 Å². The van der Waals surface area contributed by atoms with Gasteiger partial charge in [-0.05, 0) is 41.6 Å². The zero-order valence-corrected chi connectivity index (χ0v) is 13.0. The summed E-state index contributed by atoms with van der Waals surface area (Å²) in [4.78, 5) is 12.2. The van der Waals surface area contributed by atoms with E-state index in [0.29, 0.717) is 22.6 Å². The maximum Gasteiger partial charge on any atom is 0.283 e. The van der Waals surface area contributed by atoms with E-state index in [9.17, 15) is 4.79 Å². The van der Waals surface area contributed by atoms with Crippen LogP contribution in [0.25, 0.3) is 0 Å². The van der Waals surface area contributed by atoms with Gasteiger partial charge < -0.3 is 5.32 Å². The van der Waals surface area contributed by atoms with Crippen molar-refractivity contribution in [2.75, 3.05) is 5.32 Å². The summed E-state index contributed by atoms with van der Waals surface area (Å²) in [6.07, 6.45) is 5.94. The number of nitrogens with zero attached hydrogens (tertiary/aromatic N) is 4. The number of anilines is 2. The lowest BCUT2D eigenvalue weighted by Crippen LogP contribution is -2.25. The molecule has 0 atom stereocenters. The molecule has 0 spiro atoms. The van der Waals surface area contributed by atoms with Crippen LogP contribution >= 0.6 is 15.9 Å². The first-order chi connectivity index (χ1) is 9.54. The number of hydrogen-bond acceptors (Lipinski definition) is 4. The Bertz CT molecular complexity index is 701. The van der Waals surface area contributed by atoms with E-state index in [1.165, 1.54) is 17.5 Å². The van der Waals surface area contributed by atoms with Gasteiger partial charge in [0, 0.05) is 19.8 Å². The molecule has 3 rings (SSSR count). The van der Waals surface area contributed by atoms with Crippen molar-refractivity contribution in [1.29, 1.82) is 0 Å². The molecule has 1 N–H and O–H groups in total. The van der Waals surface area contributed by atoms with Crippen molar-refractivity contribution >= 4 is 27.3 Å². The van der Waals surface area contributed by atoms with Crippen LogP contribution in [0.3, 0.4) is 0 Å². The monoisotopic (exact) mass is 337 g/mol. The molecule has 1 fully saturated rings. The molecule has 1 saturated carbocycles. The Balaban J connectivity index is 1.88. The van der Waals surface area contributed by atoms with E-state index in [2.05, 4.69) is 31.4 Å². The van der Waals surface area contributed by atoms with Gasteiger partial charge in [-0.15, -0.1) is 0 Å². The summed E-state index contributed by atoms with van der Waals surface area (Å²) in [5.74, 6) is 0.617. The Hall–Kier alpha value is -1.63. The third-order valence-electron chi connectivity index (χ3n) is 3.40. The molecule has 6 nitrogen and oxygen atoms in total. The molecule has 0 radical (unpaired) electrons. The molecule has 2 aromatic heterocycles. The van der Waals surface area contributed by atoms with E-state index < -0.39 is 0 Å². The lowest BCUT2D eigenvalue weighted by molar-refractivity contribution is 0.532. The summed E-state index contributed by atoms with van der Waals surface area (Å²) in [5.41, 5.74) is 2.32. The van der Waals surface area contributed by atoms with Gasteiger partial charge in [0.25, 0.3) is 5.56 Å². The minimum Gasteiger partial charge on any atom is -0.350 e. The second-order valence-corrected chi connectivity index (χ2v) is 6.02. The van der Waals surface area contributed by atoms with Crippen LogP contribution in [0, 0.1) is 12.8 Å². The maximum absolute atomic E-state index is 12.2. The lowest BCUT2D eigenvalue weighted by atomic mass is 10.3. The van der Waals surface area contributed by atoms with Crippen LogP contribution in [0.2, 0.25) is 0 Å². The van der Waals surface area contributed by atoms with Gasteiger partial charge in [-0.25, -0.2) is 4.68 Å². The van der Waals surface area contributed by atoms with E-state index in [1.807, 2.05) is 20.2 Å². The summed E-state index contributed by atoms with van der Waals surface area (Å²) >= 11 is 3.37. The fraction of sp³-hybridized carbons (Fsp3) is 0.462. The molecule has 2 heterocycles. The fourth-order valence-corrected chi connectivity index (χ4v) is 2.50. The Morgan fingerprint density at radius 3 is 2.80 bits per heavy atom. The molecule has 0 unspecified atom stereocenters. The maximum atomic E-state index is 12.2. The molecule has 0 aliphatic heterocycles. The predicted octanol–water partition coefficient (Wildman–Crippen LogP) is 2.20. The van der Waals surface area contributed by atoms with Gasteiger partial charge in [-0.2, -0.15) is 10.2 Å². The van der Waals surface area contributed by atoms with Gasteiger partial charge in [0.1, 0.15) is 4.47 Å². The minimum atomic E-state index is -0.0940. The highest BCUT2D eigenvalue weighted by molar-refractivity contribution is 9.10. The van der Waals surface area contributed by atoms with Crippen molar-refractivity contribution in [2.45, 2.75) is 26.3 Å². The molecule has 106 valence electrons. The Morgan fingerprint density at radius 1 is 1.45 bits per heavy atom. The van der Waals surface area contributed by atoms with Gasteiger partial charge in [0.15, 0.2) is 0 Å². The van der Waals surface area contributed by atoms with E-state index in [4.69, 9.17) is 0 Å². The first-order valence-corrected chi connectivity index (χ1v) is 7.37. The zero-order valence-electron chi connectivity index (χ0n) is 11.4. The minimum absolute atomic E-state index is 0.0940. The fourth-order valence-electron chi connectivity index (χ4n) is 2.09. The molecular weight excluding hydrogens is 322 g/mol. The van der Waals surface area contributed by atoms with Gasteiger partial charge >= 0.3 is 0 Å². The number of halogens is 1. The van der Waals surface area contributed by atoms with Crippen molar-refractivity contribution in [2.24, 2.45) is 13.0 Å². The normalized spacial score (nSPS) is 14.6. The Labute approximate surface area is 124 Å². The molecular formula is C13H16BrN5O. The standard InChI is InChI=1S/C13H16BrN5O/c1-8-11(7-18(2)17-8)16-10-5-15-19(6-9-3-4-9)13(20)12(10)14/h5,7,9,16H,3-4,6H2,1-2H3. The van der Waals surface area contributed by atoms with E-state index in [-0.39, 0.29) is 5.56 Å². The zero-order chi connectivity index (χ0) is 14.3. The summed E-state index contributed by atoms with van der Waals surface area (Å²) in [5, 5.41) is 11.7. The smallest absolute Gasteiger partial charge is 0.283 e. The van der Waals surface area contributed by atoms with Crippen molar-refractivity contribution in [1.82, 2.24) is 19.6 Å². The van der Waals surface area contributed by atoms with Gasteiger partial charge in [0.05, 0.1) is 23.3 Å². The number of hydrogen-bond donors (Lipinski definition) is 1. The van der Waals surface area contributed by atoms with Crippen LogP contribution < -0.4 is 10.9 Å². The molecule has 20 heavy (non-hydrogen) atoms. The lowest BCUT2D eigenvalue weighted by Gasteiger charge is -2.09. The SMILES string of the molecule is Cc1nn(C)cc1Nc1cnn(CC2CC2)c(=O)c1Br. The van der Waals surface area contributed by atoms with Crippen molar-refractivity contribution in [3.05, 3.63) is 32.9 Å². The summed E-state index contributed by atoms with van der Waals surface area (Å²) in [6, 6.07) is 0. The first-order valence-electron chi connectivity index (χ1n) is 6.57. The molecule has 0 bridgehead atoms. The molecule has 0 amide bonds. The molecule has 0 saturated heterocycles. The van der Waals surface area contributed by atoms with Crippen LogP contribution in [0.5, 0.6) is 0 Å². The average Bonchev–Trinajstić information content (AvgIpc) is 3.15. The number of rotatable bonds is 4. The Kier molecular flexibility index (Phi) is 3.37. The van der Waals surface area contributed by atoms with Gasteiger partial charge in [0.2, 0.25) is 0 Å². The van der Waals surface area contributed by atoms with E-state index in [1.54, 1.807) is 10.9 Å². The van der Waals surface area contributed by atoms with Crippen molar-refractivity contribution in [3.63, 3.8) is 0 Å². The largest absolute Gasteiger partial charge is 0.350 e. The number of aromatic nitrogens is 4. The van der Waals surface area contributed by atoms with Gasteiger partial charge in [-0.3, -0.25) is 9.48 Å². The van der Waals surface area contributed by atoms with E-state index >= 15 is 0 Å². The van der Waals surface area contributed by atoms with Crippen LogP contribution in [0.1, 0.15) is 18.5 Å². The average molecular weight is 338 g/mol. The predicted molar refractivity (Wildman–Crippen MR) is 80.1 cm³/mol. The molecule has 1 aliphatic rings. The topological polar surface area (TPSA) is 64.7 Å². The Morgan fingerprint density at radius 2 is 2.20 bits per heavy atom. The molecule has 2 aromatic rings. The van der Waals surface area contributed by atoms with Gasteiger partial charge in [-0.1, -0.05) is 0 Å². The van der Waals surface area contributed by atoms with Crippen molar-refractivity contribution < 1.29 is 0 Å². The first kappa shape index (κ1) is 13.4. The molecule has 1 aliphatic carbocycles. The summed E-state index contributed by atoms with van der Waals surface area (Å²) in [6.45, 7) is 2.63. The summed E-state index contributed by atoms with van der Waals surface area (Å²) < 4.78 is 3.77. The highest BCUT2D eigenvalue weighted by Gasteiger charge is 2.23. The quantitative estimate of drug-likeness (QED) is 0.928. The van der Waals surface area contributed by atoms with Crippen LogP contribution in [-0.4, -0.2) is 19.6 Å². The number of aryl methyl sites for hydroxylation is 2.